The van der Waals surface area contributed by atoms with Crippen molar-refractivity contribution in [2.24, 2.45) is 10.2 Å². The Bertz CT molecular complexity index is 708. The molecule has 0 radical (unpaired) electrons. The Morgan fingerprint density at radius 2 is 1.60 bits per heavy atom. The number of carbonyl (C=O) groups excluding carboxylic acids is 1. The first-order chi connectivity index (χ1) is 12.2. The molecule has 0 saturated carbocycles. The highest BCUT2D eigenvalue weighted by atomic mass is 16.3. The number of likely N-dealkylation sites (tertiary alicyclic amines) is 1. The fourth-order valence-corrected chi connectivity index (χ4v) is 2.70. The van der Waals surface area contributed by atoms with Crippen LogP contribution >= 0.6 is 0 Å². The number of nitrogens with zero attached hydrogens (tertiary/aromatic N) is 3. The van der Waals surface area contributed by atoms with Crippen LogP contribution < -0.4 is 5.32 Å². The molecule has 0 aliphatic carbocycles. The van der Waals surface area contributed by atoms with E-state index in [9.17, 15) is 9.90 Å². The highest BCUT2D eigenvalue weighted by molar-refractivity contribution is 5.92. The van der Waals surface area contributed by atoms with Crippen LogP contribution in [0.3, 0.4) is 0 Å². The molecule has 1 heterocycles. The number of amides is 1. The minimum atomic E-state index is -0.225. The van der Waals surface area contributed by atoms with Crippen LogP contribution in [0.15, 0.2) is 64.8 Å². The molecule has 1 fully saturated rings. The minimum Gasteiger partial charge on any atom is -0.393 e. The van der Waals surface area contributed by atoms with Gasteiger partial charge < -0.3 is 10.4 Å². The van der Waals surface area contributed by atoms with Crippen molar-refractivity contribution in [1.29, 1.82) is 0 Å². The molecule has 130 valence electrons. The molecule has 25 heavy (non-hydrogen) atoms. The summed E-state index contributed by atoms with van der Waals surface area (Å²) in [4.78, 5) is 14.2. The first kappa shape index (κ1) is 17.3. The monoisotopic (exact) mass is 338 g/mol. The summed E-state index contributed by atoms with van der Waals surface area (Å²) >= 11 is 0. The Hall–Kier alpha value is -2.57. The van der Waals surface area contributed by atoms with Gasteiger partial charge in [-0.25, -0.2) is 0 Å². The Labute approximate surface area is 147 Å². The van der Waals surface area contributed by atoms with Gasteiger partial charge in [0, 0.05) is 18.8 Å². The molecule has 1 aliphatic heterocycles. The van der Waals surface area contributed by atoms with Gasteiger partial charge in [0.1, 0.15) is 0 Å². The van der Waals surface area contributed by atoms with Crippen molar-refractivity contribution in [2.45, 2.75) is 18.9 Å². The second-order valence-electron chi connectivity index (χ2n) is 6.14. The lowest BCUT2D eigenvalue weighted by molar-refractivity contribution is -0.117. The maximum atomic E-state index is 12.1. The summed E-state index contributed by atoms with van der Waals surface area (Å²) in [6, 6.07) is 16.8. The van der Waals surface area contributed by atoms with Crippen molar-refractivity contribution in [3.8, 4) is 0 Å². The van der Waals surface area contributed by atoms with Crippen LogP contribution in [0.25, 0.3) is 0 Å². The van der Waals surface area contributed by atoms with Gasteiger partial charge in [-0.1, -0.05) is 18.2 Å². The number of rotatable bonds is 5. The number of hydrogen-bond donors (Lipinski definition) is 2. The van der Waals surface area contributed by atoms with Gasteiger partial charge in [-0.3, -0.25) is 9.69 Å². The summed E-state index contributed by atoms with van der Waals surface area (Å²) in [7, 11) is 0. The van der Waals surface area contributed by atoms with E-state index in [1.165, 1.54) is 0 Å². The average Bonchev–Trinajstić information content (AvgIpc) is 2.64. The highest BCUT2D eigenvalue weighted by Crippen LogP contribution is 2.20. The van der Waals surface area contributed by atoms with E-state index in [1.54, 1.807) is 0 Å². The van der Waals surface area contributed by atoms with E-state index >= 15 is 0 Å². The predicted octanol–water partition coefficient (Wildman–Crippen LogP) is 3.50. The molecule has 0 bridgehead atoms. The molecule has 2 N–H and O–H groups in total. The van der Waals surface area contributed by atoms with Crippen LogP contribution in [0.1, 0.15) is 12.8 Å². The van der Waals surface area contributed by atoms with E-state index in [0.717, 1.165) is 43.0 Å². The van der Waals surface area contributed by atoms with Gasteiger partial charge in [0.2, 0.25) is 5.91 Å². The number of azo groups is 1. The average molecular weight is 338 g/mol. The zero-order valence-corrected chi connectivity index (χ0v) is 14.0. The number of nitrogens with one attached hydrogen (secondary N) is 1. The largest absolute Gasteiger partial charge is 0.393 e. The van der Waals surface area contributed by atoms with Crippen molar-refractivity contribution in [1.82, 2.24) is 4.90 Å². The topological polar surface area (TPSA) is 77.3 Å². The molecule has 0 atom stereocenters. The quantitative estimate of drug-likeness (QED) is 0.819. The molecule has 6 heteroatoms. The van der Waals surface area contributed by atoms with Gasteiger partial charge >= 0.3 is 0 Å². The van der Waals surface area contributed by atoms with E-state index in [2.05, 4.69) is 20.4 Å². The Morgan fingerprint density at radius 1 is 1.00 bits per heavy atom. The van der Waals surface area contributed by atoms with E-state index < -0.39 is 0 Å². The molecule has 2 aromatic rings. The number of aliphatic hydroxyl groups is 1. The molecular formula is C19H22N4O2. The number of hydrogen-bond acceptors (Lipinski definition) is 5. The van der Waals surface area contributed by atoms with Crippen LogP contribution in [0.5, 0.6) is 0 Å². The van der Waals surface area contributed by atoms with Crippen molar-refractivity contribution >= 4 is 23.0 Å². The van der Waals surface area contributed by atoms with Crippen molar-refractivity contribution in [3.63, 3.8) is 0 Å². The smallest absolute Gasteiger partial charge is 0.238 e. The third-order valence-electron chi connectivity index (χ3n) is 4.11. The van der Waals surface area contributed by atoms with Gasteiger partial charge in [-0.05, 0) is 49.2 Å². The van der Waals surface area contributed by atoms with E-state index in [1.807, 2.05) is 54.6 Å². The maximum absolute atomic E-state index is 12.1. The van der Waals surface area contributed by atoms with E-state index in [-0.39, 0.29) is 12.0 Å². The zero-order chi connectivity index (χ0) is 17.5. The lowest BCUT2D eigenvalue weighted by atomic mass is 10.1. The summed E-state index contributed by atoms with van der Waals surface area (Å²) in [5.74, 6) is -0.0462. The van der Waals surface area contributed by atoms with Gasteiger partial charge in [0.15, 0.2) is 0 Å². The SMILES string of the molecule is O=C(CN1CCC(O)CC1)Nc1ccc(N=Nc2ccccc2)cc1. The Balaban J connectivity index is 1.50. The molecular weight excluding hydrogens is 316 g/mol. The normalized spacial score (nSPS) is 16.2. The molecule has 6 nitrogen and oxygen atoms in total. The molecule has 1 saturated heterocycles. The van der Waals surface area contributed by atoms with Crippen LogP contribution in [0.2, 0.25) is 0 Å². The summed E-state index contributed by atoms with van der Waals surface area (Å²) in [6.07, 6.45) is 1.24. The van der Waals surface area contributed by atoms with Gasteiger partial charge in [-0.15, -0.1) is 0 Å². The maximum Gasteiger partial charge on any atom is 0.238 e. The van der Waals surface area contributed by atoms with Crippen LogP contribution in [-0.2, 0) is 4.79 Å². The number of carbonyl (C=O) groups is 1. The third kappa shape index (κ3) is 5.48. The van der Waals surface area contributed by atoms with Crippen molar-refractivity contribution < 1.29 is 9.90 Å². The fraction of sp³-hybridized carbons (Fsp3) is 0.316. The molecule has 3 rings (SSSR count). The van der Waals surface area contributed by atoms with Crippen molar-refractivity contribution in [3.05, 3.63) is 54.6 Å². The molecule has 0 aromatic heterocycles. The highest BCUT2D eigenvalue weighted by Gasteiger charge is 2.18. The van der Waals surface area contributed by atoms with Crippen LogP contribution in [-0.4, -0.2) is 41.7 Å². The fourth-order valence-electron chi connectivity index (χ4n) is 2.70. The molecule has 1 amide bonds. The number of aliphatic hydroxyl groups excluding tert-OH is 1. The zero-order valence-electron chi connectivity index (χ0n) is 14.0. The predicted molar refractivity (Wildman–Crippen MR) is 97.4 cm³/mol. The number of benzene rings is 2. The molecule has 0 spiro atoms. The summed E-state index contributed by atoms with van der Waals surface area (Å²) < 4.78 is 0. The Morgan fingerprint density at radius 3 is 2.24 bits per heavy atom. The Kier molecular flexibility index (Phi) is 5.87. The van der Waals surface area contributed by atoms with E-state index in [0.29, 0.717) is 6.54 Å². The standard InChI is InChI=1S/C19H22N4O2/c24-18-10-12-23(13-11-18)14-19(25)20-15-6-8-17(9-7-15)22-21-16-4-2-1-3-5-16/h1-9,18,24H,10-14H2,(H,20,25). The van der Waals surface area contributed by atoms with Gasteiger partial charge in [0.25, 0.3) is 0 Å². The molecule has 1 aliphatic rings. The second-order valence-corrected chi connectivity index (χ2v) is 6.14. The van der Waals surface area contributed by atoms with Crippen molar-refractivity contribution in [2.75, 3.05) is 25.0 Å². The lowest BCUT2D eigenvalue weighted by Crippen LogP contribution is -2.40. The van der Waals surface area contributed by atoms with Gasteiger partial charge in [-0.2, -0.15) is 10.2 Å². The lowest BCUT2D eigenvalue weighted by Gasteiger charge is -2.28. The summed E-state index contributed by atoms with van der Waals surface area (Å²) in [5, 5.41) is 20.7. The van der Waals surface area contributed by atoms with Gasteiger partial charge in [0.05, 0.1) is 24.0 Å². The number of piperidine rings is 1. The van der Waals surface area contributed by atoms with Crippen LogP contribution in [0, 0.1) is 0 Å². The van der Waals surface area contributed by atoms with E-state index in [4.69, 9.17) is 0 Å². The first-order valence-electron chi connectivity index (χ1n) is 8.46. The molecule has 2 aromatic carbocycles. The third-order valence-corrected chi connectivity index (χ3v) is 4.11. The first-order valence-corrected chi connectivity index (χ1v) is 8.46. The minimum absolute atomic E-state index is 0.0462. The second kappa shape index (κ2) is 8.50. The molecule has 0 unspecified atom stereocenters. The van der Waals surface area contributed by atoms with Crippen LogP contribution in [0.4, 0.5) is 17.1 Å². The summed E-state index contributed by atoms with van der Waals surface area (Å²) in [5.41, 5.74) is 2.26. The summed E-state index contributed by atoms with van der Waals surface area (Å²) in [6.45, 7) is 1.86. The number of anilines is 1.